The summed E-state index contributed by atoms with van der Waals surface area (Å²) in [5, 5.41) is 9.71. The SMILES string of the molecule is CC(C)S(=O)(=O)c1ccc(Cc2nnc(NC(=O)c3ccc(S(=O)(=O)N(C)c4ccccc4)cc3)o2)cc1. The standard InChI is InChI=1S/C26H26N4O6S2/c1-18(2)37(32,33)22-13-9-19(10-14-22)17-24-28-29-26(36-24)27-25(31)20-11-15-23(16-12-20)38(34,35)30(3)21-7-5-4-6-8-21/h4-16,18H,17H2,1-3H3,(H,27,29,31). The van der Waals surface area contributed by atoms with E-state index in [1.165, 1.54) is 47.8 Å². The Kier molecular flexibility index (Phi) is 7.65. The second-order valence-electron chi connectivity index (χ2n) is 8.70. The van der Waals surface area contributed by atoms with Gasteiger partial charge in [0.25, 0.3) is 15.9 Å². The number of hydrogen-bond donors (Lipinski definition) is 1. The monoisotopic (exact) mass is 554 g/mol. The Morgan fingerprint density at radius 2 is 1.47 bits per heavy atom. The van der Waals surface area contributed by atoms with Gasteiger partial charge in [0.05, 0.1) is 27.1 Å². The Hall–Kier alpha value is -4.03. The van der Waals surface area contributed by atoms with Gasteiger partial charge in [0, 0.05) is 12.6 Å². The van der Waals surface area contributed by atoms with Gasteiger partial charge in [-0.15, -0.1) is 5.10 Å². The molecular weight excluding hydrogens is 528 g/mol. The van der Waals surface area contributed by atoms with E-state index < -0.39 is 31.0 Å². The molecule has 12 heteroatoms. The van der Waals surface area contributed by atoms with E-state index in [1.54, 1.807) is 56.3 Å². The van der Waals surface area contributed by atoms with Crippen LogP contribution in [0.25, 0.3) is 0 Å². The highest BCUT2D eigenvalue weighted by Crippen LogP contribution is 2.22. The number of sulfonamides is 1. The maximum Gasteiger partial charge on any atom is 0.322 e. The molecule has 1 N–H and O–H groups in total. The van der Waals surface area contributed by atoms with Gasteiger partial charge in [-0.1, -0.05) is 35.4 Å². The van der Waals surface area contributed by atoms with Crippen LogP contribution in [0.2, 0.25) is 0 Å². The lowest BCUT2D eigenvalue weighted by Crippen LogP contribution is -2.26. The minimum Gasteiger partial charge on any atom is -0.407 e. The molecule has 0 saturated heterocycles. The summed E-state index contributed by atoms with van der Waals surface area (Å²) >= 11 is 0. The minimum absolute atomic E-state index is 0.0349. The van der Waals surface area contributed by atoms with Crippen molar-refractivity contribution in [3.05, 3.63) is 95.9 Å². The van der Waals surface area contributed by atoms with Crippen molar-refractivity contribution in [1.29, 1.82) is 0 Å². The first-order valence-electron chi connectivity index (χ1n) is 11.6. The molecule has 3 aromatic carbocycles. The molecule has 0 atom stereocenters. The molecule has 4 aromatic rings. The molecule has 0 saturated carbocycles. The van der Waals surface area contributed by atoms with Gasteiger partial charge in [0.15, 0.2) is 9.84 Å². The Morgan fingerprint density at radius 3 is 2.08 bits per heavy atom. The molecule has 1 amide bonds. The lowest BCUT2D eigenvalue weighted by atomic mass is 10.1. The molecule has 0 unspecified atom stereocenters. The first-order valence-corrected chi connectivity index (χ1v) is 14.6. The average Bonchev–Trinajstić information content (AvgIpc) is 3.35. The topological polar surface area (TPSA) is 140 Å². The predicted octanol–water partition coefficient (Wildman–Crippen LogP) is 3.92. The van der Waals surface area contributed by atoms with Crippen molar-refractivity contribution in [3.63, 3.8) is 0 Å². The number of anilines is 2. The second-order valence-corrected chi connectivity index (χ2v) is 13.2. The number of benzene rings is 3. The zero-order valence-corrected chi connectivity index (χ0v) is 22.5. The molecule has 10 nitrogen and oxygen atoms in total. The van der Waals surface area contributed by atoms with E-state index >= 15 is 0 Å². The highest BCUT2D eigenvalue weighted by Gasteiger charge is 2.22. The number of sulfone groups is 1. The molecule has 0 radical (unpaired) electrons. The van der Waals surface area contributed by atoms with Crippen molar-refractivity contribution >= 4 is 37.5 Å². The number of para-hydroxylation sites is 1. The molecule has 0 aliphatic carbocycles. The number of carbonyl (C=O) groups is 1. The van der Waals surface area contributed by atoms with Crippen LogP contribution in [0, 0.1) is 0 Å². The van der Waals surface area contributed by atoms with Gasteiger partial charge in [-0.25, -0.2) is 16.8 Å². The first-order chi connectivity index (χ1) is 18.0. The molecule has 0 bridgehead atoms. The van der Waals surface area contributed by atoms with E-state index in [4.69, 9.17) is 4.42 Å². The Morgan fingerprint density at radius 1 is 0.868 bits per heavy atom. The van der Waals surface area contributed by atoms with Crippen LogP contribution in [0.15, 0.2) is 93.1 Å². The maximum absolute atomic E-state index is 12.9. The van der Waals surface area contributed by atoms with Crippen molar-refractivity contribution in [2.75, 3.05) is 16.7 Å². The molecule has 198 valence electrons. The van der Waals surface area contributed by atoms with Crippen LogP contribution in [-0.2, 0) is 26.3 Å². The maximum atomic E-state index is 12.9. The van der Waals surface area contributed by atoms with E-state index in [0.717, 1.165) is 5.56 Å². The molecule has 38 heavy (non-hydrogen) atoms. The first kappa shape index (κ1) is 27.0. The van der Waals surface area contributed by atoms with E-state index in [1.807, 2.05) is 0 Å². The van der Waals surface area contributed by atoms with Crippen LogP contribution >= 0.6 is 0 Å². The van der Waals surface area contributed by atoms with Gasteiger partial charge >= 0.3 is 6.01 Å². The van der Waals surface area contributed by atoms with Gasteiger partial charge < -0.3 is 4.42 Å². The fourth-order valence-electron chi connectivity index (χ4n) is 3.50. The second kappa shape index (κ2) is 10.8. The number of carbonyl (C=O) groups excluding carboxylic acids is 1. The fourth-order valence-corrected chi connectivity index (χ4v) is 5.76. The third-order valence-corrected chi connectivity index (χ3v) is 9.78. The van der Waals surface area contributed by atoms with E-state index in [2.05, 4.69) is 15.5 Å². The molecule has 0 aliphatic rings. The minimum atomic E-state index is -3.81. The van der Waals surface area contributed by atoms with Crippen molar-refractivity contribution in [2.24, 2.45) is 0 Å². The quantitative estimate of drug-likeness (QED) is 0.328. The van der Waals surface area contributed by atoms with Gasteiger partial charge in [-0.3, -0.25) is 14.4 Å². The fraction of sp³-hybridized carbons (Fsp3) is 0.192. The van der Waals surface area contributed by atoms with Crippen LogP contribution in [0.3, 0.4) is 0 Å². The normalized spacial score (nSPS) is 11.9. The van der Waals surface area contributed by atoms with Gasteiger partial charge in [0.1, 0.15) is 0 Å². The number of rotatable bonds is 9. The van der Waals surface area contributed by atoms with E-state index in [0.29, 0.717) is 5.69 Å². The Labute approximate surface area is 221 Å². The summed E-state index contributed by atoms with van der Waals surface area (Å²) in [6, 6.07) is 20.4. The lowest BCUT2D eigenvalue weighted by Gasteiger charge is -2.19. The largest absolute Gasteiger partial charge is 0.407 e. The molecule has 1 heterocycles. The number of aromatic nitrogens is 2. The summed E-state index contributed by atoms with van der Waals surface area (Å²) in [6.45, 7) is 3.25. The smallest absolute Gasteiger partial charge is 0.322 e. The van der Waals surface area contributed by atoms with Crippen molar-refractivity contribution in [3.8, 4) is 0 Å². The third kappa shape index (κ3) is 5.76. The summed E-state index contributed by atoms with van der Waals surface area (Å²) < 4.78 is 57.0. The molecule has 4 rings (SSSR count). The van der Waals surface area contributed by atoms with Crippen LogP contribution in [-0.4, -0.2) is 45.2 Å². The number of nitrogens with one attached hydrogen (secondary N) is 1. The highest BCUT2D eigenvalue weighted by atomic mass is 32.2. The van der Waals surface area contributed by atoms with E-state index in [-0.39, 0.29) is 33.7 Å². The van der Waals surface area contributed by atoms with E-state index in [9.17, 15) is 21.6 Å². The molecular formula is C26H26N4O6S2. The summed E-state index contributed by atoms with van der Waals surface area (Å²) in [5.41, 5.74) is 1.47. The summed E-state index contributed by atoms with van der Waals surface area (Å²) in [6.07, 6.45) is 0.242. The summed E-state index contributed by atoms with van der Waals surface area (Å²) in [5.74, 6) is -0.325. The van der Waals surface area contributed by atoms with Gasteiger partial charge in [-0.2, -0.15) is 0 Å². The average molecular weight is 555 g/mol. The zero-order chi connectivity index (χ0) is 27.5. The Balaban J connectivity index is 1.40. The number of nitrogens with zero attached hydrogens (tertiary/aromatic N) is 3. The van der Waals surface area contributed by atoms with Crippen molar-refractivity contribution < 1.29 is 26.0 Å². The van der Waals surface area contributed by atoms with Crippen LogP contribution in [0.5, 0.6) is 0 Å². The number of hydrogen-bond acceptors (Lipinski definition) is 8. The molecule has 1 aromatic heterocycles. The van der Waals surface area contributed by atoms with Gasteiger partial charge in [0.2, 0.25) is 5.89 Å². The summed E-state index contributed by atoms with van der Waals surface area (Å²) in [7, 11) is -5.71. The van der Waals surface area contributed by atoms with Crippen molar-refractivity contribution in [1.82, 2.24) is 10.2 Å². The predicted molar refractivity (Wildman–Crippen MR) is 142 cm³/mol. The van der Waals surface area contributed by atoms with Crippen LogP contribution in [0.4, 0.5) is 11.7 Å². The number of amides is 1. The third-order valence-electron chi connectivity index (χ3n) is 5.81. The molecule has 0 spiro atoms. The van der Waals surface area contributed by atoms with Crippen LogP contribution in [0.1, 0.15) is 35.7 Å². The molecule has 0 fully saturated rings. The zero-order valence-electron chi connectivity index (χ0n) is 20.9. The highest BCUT2D eigenvalue weighted by molar-refractivity contribution is 7.92. The van der Waals surface area contributed by atoms with Crippen molar-refractivity contribution in [2.45, 2.75) is 35.3 Å². The summed E-state index contributed by atoms with van der Waals surface area (Å²) in [4.78, 5) is 12.9. The molecule has 0 aliphatic heterocycles. The lowest BCUT2D eigenvalue weighted by molar-refractivity contribution is 0.102. The van der Waals surface area contributed by atoms with Gasteiger partial charge in [-0.05, 0) is 67.9 Å². The van der Waals surface area contributed by atoms with Crippen LogP contribution < -0.4 is 9.62 Å². The Bertz CT molecular complexity index is 1630.